The summed E-state index contributed by atoms with van der Waals surface area (Å²) in [4.78, 5) is 8.18. The first kappa shape index (κ1) is 7.21. The van der Waals surface area contributed by atoms with Crippen molar-refractivity contribution in [1.29, 1.82) is 0 Å². The van der Waals surface area contributed by atoms with Crippen LogP contribution in [0.5, 0.6) is 0 Å². The lowest BCUT2D eigenvalue weighted by molar-refractivity contribution is 0.667. The minimum atomic E-state index is 0.871. The van der Waals surface area contributed by atoms with Crippen molar-refractivity contribution in [2.24, 2.45) is 0 Å². The smallest absolute Gasteiger partial charge is 0.132 e. The number of fused-ring (bicyclic) bond motifs is 1. The highest BCUT2D eigenvalue weighted by Crippen LogP contribution is 2.10. The maximum Gasteiger partial charge on any atom is 0.132 e. The molecule has 0 radical (unpaired) electrons. The van der Waals surface area contributed by atoms with Crippen LogP contribution in [-0.4, -0.2) is 19.7 Å². The van der Waals surface area contributed by atoms with E-state index in [1.54, 1.807) is 6.33 Å². The molecule has 0 N–H and O–H groups in total. The van der Waals surface area contributed by atoms with Gasteiger partial charge in [0.15, 0.2) is 0 Å². The van der Waals surface area contributed by atoms with E-state index in [0.29, 0.717) is 0 Å². The van der Waals surface area contributed by atoms with Gasteiger partial charge in [-0.25, -0.2) is 9.97 Å². The molecule has 0 saturated carbocycles. The van der Waals surface area contributed by atoms with E-state index in [0.717, 1.165) is 23.3 Å². The molecule has 0 unspecified atom stereocenters. The Balaban J connectivity index is 2.74. The van der Waals surface area contributed by atoms with Gasteiger partial charge in [-0.2, -0.15) is 5.10 Å². The van der Waals surface area contributed by atoms with Crippen LogP contribution in [0.2, 0.25) is 0 Å². The van der Waals surface area contributed by atoms with Crippen LogP contribution in [0.1, 0.15) is 12.6 Å². The molecule has 4 heteroatoms. The molecule has 0 aliphatic heterocycles. The lowest BCUT2D eigenvalue weighted by Gasteiger charge is -1.90. The lowest BCUT2D eigenvalue weighted by atomic mass is 10.4. The zero-order valence-electron chi connectivity index (χ0n) is 7.15. The van der Waals surface area contributed by atoms with E-state index in [1.165, 1.54) is 0 Å². The number of aromatic nitrogens is 4. The summed E-state index contributed by atoms with van der Waals surface area (Å²) in [5, 5.41) is 4.32. The molecule has 0 aliphatic rings. The Kier molecular flexibility index (Phi) is 1.53. The van der Waals surface area contributed by atoms with E-state index in [9.17, 15) is 0 Å². The molecule has 0 bridgehead atoms. The third-order valence-electron chi connectivity index (χ3n) is 1.86. The molecular formula is C8H10N4. The van der Waals surface area contributed by atoms with Gasteiger partial charge in [0.25, 0.3) is 0 Å². The van der Waals surface area contributed by atoms with Crippen molar-refractivity contribution >= 4 is 11.0 Å². The number of rotatable bonds is 1. The van der Waals surface area contributed by atoms with Gasteiger partial charge in [0.05, 0.1) is 11.9 Å². The number of nitrogens with zero attached hydrogens (tertiary/aromatic N) is 4. The summed E-state index contributed by atoms with van der Waals surface area (Å²) in [6, 6.07) is 0. The first-order chi connectivity index (χ1) is 5.81. The Morgan fingerprint density at radius 3 is 2.92 bits per heavy atom. The van der Waals surface area contributed by atoms with Gasteiger partial charge in [0.1, 0.15) is 17.4 Å². The molecule has 2 heterocycles. The molecule has 2 aromatic rings. The Morgan fingerprint density at radius 1 is 1.42 bits per heavy atom. The van der Waals surface area contributed by atoms with E-state index in [1.807, 2.05) is 17.8 Å². The van der Waals surface area contributed by atoms with Crippen LogP contribution in [0.15, 0.2) is 12.5 Å². The third kappa shape index (κ3) is 0.958. The molecule has 0 aromatic carbocycles. The van der Waals surface area contributed by atoms with Crippen LogP contribution in [0.4, 0.5) is 0 Å². The molecule has 2 aromatic heterocycles. The van der Waals surface area contributed by atoms with Crippen LogP contribution in [0, 0.1) is 6.92 Å². The maximum atomic E-state index is 4.32. The molecule has 62 valence electrons. The molecular weight excluding hydrogens is 152 g/mol. The second-order valence-corrected chi connectivity index (χ2v) is 2.68. The minimum absolute atomic E-state index is 0.871. The van der Waals surface area contributed by atoms with Crippen LogP contribution in [-0.2, 0) is 6.54 Å². The fourth-order valence-electron chi connectivity index (χ4n) is 1.16. The minimum Gasteiger partial charge on any atom is -0.270 e. The first-order valence-electron chi connectivity index (χ1n) is 3.96. The average molecular weight is 162 g/mol. The van der Waals surface area contributed by atoms with Crippen LogP contribution < -0.4 is 0 Å². The van der Waals surface area contributed by atoms with E-state index in [-0.39, 0.29) is 0 Å². The van der Waals surface area contributed by atoms with Crippen molar-refractivity contribution in [3.63, 3.8) is 0 Å². The Morgan fingerprint density at radius 2 is 2.25 bits per heavy atom. The Labute approximate surface area is 70.3 Å². The molecule has 0 saturated heterocycles. The van der Waals surface area contributed by atoms with Crippen molar-refractivity contribution in [2.75, 3.05) is 0 Å². The molecule has 0 atom stereocenters. The predicted molar refractivity (Wildman–Crippen MR) is 45.7 cm³/mol. The normalized spacial score (nSPS) is 10.8. The highest BCUT2D eigenvalue weighted by atomic mass is 15.3. The quantitative estimate of drug-likeness (QED) is 0.631. The molecule has 0 amide bonds. The first-order valence-corrected chi connectivity index (χ1v) is 3.96. The second kappa shape index (κ2) is 2.55. The molecule has 2 rings (SSSR count). The number of hydrogen-bond donors (Lipinski definition) is 0. The standard InChI is InChI=1S/C8H10N4/c1-3-12-4-7-8(11-12)6(2)9-5-10-7/h4-5H,3H2,1-2H3. The summed E-state index contributed by atoms with van der Waals surface area (Å²) in [6.45, 7) is 4.86. The fourth-order valence-corrected chi connectivity index (χ4v) is 1.16. The van der Waals surface area contributed by atoms with E-state index in [2.05, 4.69) is 22.0 Å². The Hall–Kier alpha value is -1.45. The molecule has 0 spiro atoms. The van der Waals surface area contributed by atoms with Crippen molar-refractivity contribution in [2.45, 2.75) is 20.4 Å². The summed E-state index contributed by atoms with van der Waals surface area (Å²) in [6.07, 6.45) is 3.50. The Bertz CT molecular complexity index is 404. The third-order valence-corrected chi connectivity index (χ3v) is 1.86. The van der Waals surface area contributed by atoms with E-state index >= 15 is 0 Å². The van der Waals surface area contributed by atoms with Gasteiger partial charge in [0, 0.05) is 6.54 Å². The average Bonchev–Trinajstić information content (AvgIpc) is 2.49. The summed E-state index contributed by atoms with van der Waals surface area (Å²) >= 11 is 0. The predicted octanol–water partition coefficient (Wildman–Crippen LogP) is 1.15. The molecule has 12 heavy (non-hydrogen) atoms. The van der Waals surface area contributed by atoms with Gasteiger partial charge in [-0.05, 0) is 13.8 Å². The van der Waals surface area contributed by atoms with Gasteiger partial charge in [0.2, 0.25) is 0 Å². The van der Waals surface area contributed by atoms with Gasteiger partial charge in [-0.3, -0.25) is 4.68 Å². The topological polar surface area (TPSA) is 43.6 Å². The van der Waals surface area contributed by atoms with Crippen LogP contribution in [0.3, 0.4) is 0 Å². The van der Waals surface area contributed by atoms with Gasteiger partial charge in [-0.1, -0.05) is 0 Å². The molecule has 0 fully saturated rings. The molecule has 0 aliphatic carbocycles. The van der Waals surface area contributed by atoms with Crippen molar-refractivity contribution < 1.29 is 0 Å². The number of aryl methyl sites for hydroxylation is 2. The zero-order valence-corrected chi connectivity index (χ0v) is 7.15. The highest BCUT2D eigenvalue weighted by Gasteiger charge is 2.02. The SMILES string of the molecule is CCn1cc2ncnc(C)c2n1. The fraction of sp³-hybridized carbons (Fsp3) is 0.375. The van der Waals surface area contributed by atoms with Crippen molar-refractivity contribution in [1.82, 2.24) is 19.7 Å². The summed E-state index contributed by atoms with van der Waals surface area (Å²) in [5.41, 5.74) is 2.76. The summed E-state index contributed by atoms with van der Waals surface area (Å²) in [5.74, 6) is 0. The zero-order chi connectivity index (χ0) is 8.55. The highest BCUT2D eigenvalue weighted by molar-refractivity contribution is 5.75. The van der Waals surface area contributed by atoms with Crippen molar-refractivity contribution in [3.05, 3.63) is 18.2 Å². The van der Waals surface area contributed by atoms with Gasteiger partial charge in [-0.15, -0.1) is 0 Å². The van der Waals surface area contributed by atoms with Gasteiger partial charge >= 0.3 is 0 Å². The monoisotopic (exact) mass is 162 g/mol. The largest absolute Gasteiger partial charge is 0.270 e. The van der Waals surface area contributed by atoms with Gasteiger partial charge < -0.3 is 0 Å². The van der Waals surface area contributed by atoms with E-state index < -0.39 is 0 Å². The summed E-state index contributed by atoms with van der Waals surface area (Å²) in [7, 11) is 0. The number of hydrogen-bond acceptors (Lipinski definition) is 3. The van der Waals surface area contributed by atoms with Crippen LogP contribution in [0.25, 0.3) is 11.0 Å². The molecule has 4 nitrogen and oxygen atoms in total. The van der Waals surface area contributed by atoms with E-state index in [4.69, 9.17) is 0 Å². The maximum absolute atomic E-state index is 4.32. The lowest BCUT2D eigenvalue weighted by Crippen LogP contribution is -1.93. The van der Waals surface area contributed by atoms with Crippen molar-refractivity contribution in [3.8, 4) is 0 Å². The van der Waals surface area contributed by atoms with Crippen LogP contribution >= 0.6 is 0 Å². The second-order valence-electron chi connectivity index (χ2n) is 2.68. The summed E-state index contributed by atoms with van der Waals surface area (Å²) < 4.78 is 1.87.